The third kappa shape index (κ3) is 2.83. The number of halogens is 1. The number of rotatable bonds is 3. The van der Waals surface area contributed by atoms with E-state index >= 15 is 0 Å². The van der Waals surface area contributed by atoms with Crippen molar-refractivity contribution >= 4 is 34.5 Å². The number of anilines is 1. The Labute approximate surface area is 115 Å². The number of thiophene rings is 1. The zero-order chi connectivity index (χ0) is 13.1. The quantitative estimate of drug-likeness (QED) is 0.848. The average Bonchev–Trinajstić information content (AvgIpc) is 2.75. The Morgan fingerprint density at radius 2 is 2.22 bits per heavy atom. The topological polar surface area (TPSA) is 55.1 Å². The number of carbonyl (C=O) groups excluding carboxylic acids is 1. The van der Waals surface area contributed by atoms with Crippen LogP contribution in [0, 0.1) is 6.92 Å². The summed E-state index contributed by atoms with van der Waals surface area (Å²) in [5.41, 5.74) is 8.89. The van der Waals surface area contributed by atoms with E-state index in [9.17, 15) is 4.79 Å². The molecule has 0 spiro atoms. The fourth-order valence-electron chi connectivity index (χ4n) is 1.56. The number of hydrogen-bond acceptors (Lipinski definition) is 3. The van der Waals surface area contributed by atoms with Crippen molar-refractivity contribution < 1.29 is 4.79 Å². The Balaban J connectivity index is 2.08. The second kappa shape index (κ2) is 5.42. The first-order valence-electron chi connectivity index (χ1n) is 5.43. The fourth-order valence-corrected chi connectivity index (χ4v) is 2.59. The number of nitrogens with two attached hydrogens (primary N) is 1. The lowest BCUT2D eigenvalue weighted by Crippen LogP contribution is -2.23. The Morgan fingerprint density at radius 3 is 2.89 bits per heavy atom. The van der Waals surface area contributed by atoms with Gasteiger partial charge in [0.1, 0.15) is 0 Å². The van der Waals surface area contributed by atoms with E-state index in [0.717, 1.165) is 5.56 Å². The minimum Gasteiger partial charge on any atom is -0.398 e. The van der Waals surface area contributed by atoms with E-state index in [4.69, 9.17) is 17.3 Å². The lowest BCUT2D eigenvalue weighted by Gasteiger charge is -2.07. The van der Waals surface area contributed by atoms with Crippen molar-refractivity contribution in [3.05, 3.63) is 50.7 Å². The van der Waals surface area contributed by atoms with Crippen LogP contribution in [-0.4, -0.2) is 5.91 Å². The highest BCUT2D eigenvalue weighted by atomic mass is 35.5. The third-order valence-electron chi connectivity index (χ3n) is 2.66. The van der Waals surface area contributed by atoms with E-state index in [0.29, 0.717) is 22.8 Å². The van der Waals surface area contributed by atoms with E-state index < -0.39 is 0 Å². The number of nitrogens with one attached hydrogen (secondary N) is 1. The van der Waals surface area contributed by atoms with Gasteiger partial charge in [-0.3, -0.25) is 4.79 Å². The van der Waals surface area contributed by atoms with E-state index in [1.807, 2.05) is 12.3 Å². The van der Waals surface area contributed by atoms with Gasteiger partial charge >= 0.3 is 0 Å². The van der Waals surface area contributed by atoms with Gasteiger partial charge in [-0.2, -0.15) is 11.3 Å². The summed E-state index contributed by atoms with van der Waals surface area (Å²) in [6, 6.07) is 4.87. The molecule has 2 aromatic rings. The van der Waals surface area contributed by atoms with Crippen molar-refractivity contribution in [1.29, 1.82) is 0 Å². The summed E-state index contributed by atoms with van der Waals surface area (Å²) in [7, 11) is 0. The minimum atomic E-state index is -0.208. The maximum absolute atomic E-state index is 12.0. The van der Waals surface area contributed by atoms with Crippen molar-refractivity contribution in [2.75, 3.05) is 5.73 Å². The molecule has 1 heterocycles. The van der Waals surface area contributed by atoms with Crippen LogP contribution >= 0.6 is 22.9 Å². The molecule has 1 aromatic heterocycles. The van der Waals surface area contributed by atoms with Crippen molar-refractivity contribution in [2.24, 2.45) is 0 Å². The second-order valence-corrected chi connectivity index (χ2v) is 5.17. The van der Waals surface area contributed by atoms with Gasteiger partial charge in [0.2, 0.25) is 0 Å². The van der Waals surface area contributed by atoms with Gasteiger partial charge in [0.25, 0.3) is 5.91 Å². The number of carbonyl (C=O) groups is 1. The highest BCUT2D eigenvalue weighted by Gasteiger charge is 2.10. The lowest BCUT2D eigenvalue weighted by molar-refractivity contribution is 0.0952. The molecule has 0 fully saturated rings. The zero-order valence-corrected chi connectivity index (χ0v) is 11.4. The molecule has 0 aliphatic rings. The molecular weight excluding hydrogens is 268 g/mol. The van der Waals surface area contributed by atoms with E-state index in [1.54, 1.807) is 29.5 Å². The van der Waals surface area contributed by atoms with Crippen molar-refractivity contribution in [2.45, 2.75) is 13.5 Å². The highest BCUT2D eigenvalue weighted by molar-refractivity contribution is 7.08. The first-order valence-corrected chi connectivity index (χ1v) is 6.75. The van der Waals surface area contributed by atoms with Gasteiger partial charge in [-0.1, -0.05) is 11.6 Å². The van der Waals surface area contributed by atoms with Crippen LogP contribution in [0.4, 0.5) is 5.69 Å². The first-order chi connectivity index (χ1) is 8.58. The molecule has 0 radical (unpaired) electrons. The van der Waals surface area contributed by atoms with Crippen LogP contribution in [0.3, 0.4) is 0 Å². The number of hydrogen-bond donors (Lipinski definition) is 2. The molecule has 94 valence electrons. The van der Waals surface area contributed by atoms with Gasteiger partial charge in [-0.25, -0.2) is 0 Å². The summed E-state index contributed by atoms with van der Waals surface area (Å²) in [5, 5.41) is 7.42. The molecular formula is C13H13ClN2OS. The predicted octanol–water partition coefficient (Wildman–Crippen LogP) is 3.22. The van der Waals surface area contributed by atoms with Gasteiger partial charge in [0.05, 0.1) is 5.56 Å². The van der Waals surface area contributed by atoms with Gasteiger partial charge < -0.3 is 11.1 Å². The van der Waals surface area contributed by atoms with E-state index in [1.165, 1.54) is 5.56 Å². The summed E-state index contributed by atoms with van der Waals surface area (Å²) in [6.07, 6.45) is 0. The van der Waals surface area contributed by atoms with Crippen LogP contribution in [0.1, 0.15) is 21.5 Å². The molecule has 0 atom stereocenters. The first kappa shape index (κ1) is 12.9. The maximum atomic E-state index is 12.0. The smallest absolute Gasteiger partial charge is 0.253 e. The Hall–Kier alpha value is -1.52. The van der Waals surface area contributed by atoms with E-state index in [-0.39, 0.29) is 5.91 Å². The predicted molar refractivity (Wildman–Crippen MR) is 76.1 cm³/mol. The molecule has 0 saturated heterocycles. The summed E-state index contributed by atoms with van der Waals surface area (Å²) >= 11 is 7.47. The largest absolute Gasteiger partial charge is 0.398 e. The van der Waals surface area contributed by atoms with Crippen LogP contribution in [0.5, 0.6) is 0 Å². The fraction of sp³-hybridized carbons (Fsp3) is 0.154. The Morgan fingerprint density at radius 1 is 1.44 bits per heavy atom. The zero-order valence-electron chi connectivity index (χ0n) is 9.87. The normalized spacial score (nSPS) is 10.3. The number of nitrogen functional groups attached to an aromatic ring is 1. The average molecular weight is 281 g/mol. The standard InChI is InChI=1S/C13H13ClN2OS/c1-8-6-18-7-9(8)5-16-13(17)11-4-10(14)2-3-12(11)15/h2-4,6-7H,5,15H2,1H3,(H,16,17). The second-order valence-electron chi connectivity index (χ2n) is 3.99. The van der Waals surface area contributed by atoms with Crippen molar-refractivity contribution in [3.63, 3.8) is 0 Å². The summed E-state index contributed by atoms with van der Waals surface area (Å²) in [4.78, 5) is 12.0. The Bertz CT molecular complexity index is 580. The summed E-state index contributed by atoms with van der Waals surface area (Å²) in [5.74, 6) is -0.208. The van der Waals surface area contributed by atoms with Crippen LogP contribution < -0.4 is 11.1 Å². The van der Waals surface area contributed by atoms with Crippen LogP contribution in [0.25, 0.3) is 0 Å². The third-order valence-corrected chi connectivity index (χ3v) is 3.81. The molecule has 2 rings (SSSR count). The highest BCUT2D eigenvalue weighted by Crippen LogP contribution is 2.18. The van der Waals surface area contributed by atoms with E-state index in [2.05, 4.69) is 10.7 Å². The number of amides is 1. The molecule has 3 N–H and O–H groups in total. The van der Waals surface area contributed by atoms with Crippen LogP contribution in [0.15, 0.2) is 29.0 Å². The molecule has 1 amide bonds. The van der Waals surface area contributed by atoms with Gasteiger partial charge in [0.15, 0.2) is 0 Å². The molecule has 0 bridgehead atoms. The van der Waals surface area contributed by atoms with Gasteiger partial charge in [-0.05, 0) is 47.0 Å². The van der Waals surface area contributed by atoms with Crippen LogP contribution in [0.2, 0.25) is 5.02 Å². The molecule has 0 aliphatic carbocycles. The SMILES string of the molecule is Cc1cscc1CNC(=O)c1cc(Cl)ccc1N. The van der Waals surface area contributed by atoms with Crippen molar-refractivity contribution in [3.8, 4) is 0 Å². The molecule has 0 unspecified atom stereocenters. The van der Waals surface area contributed by atoms with Gasteiger partial charge in [-0.15, -0.1) is 0 Å². The van der Waals surface area contributed by atoms with Crippen molar-refractivity contribution in [1.82, 2.24) is 5.32 Å². The maximum Gasteiger partial charge on any atom is 0.253 e. The molecule has 0 saturated carbocycles. The monoisotopic (exact) mass is 280 g/mol. The molecule has 0 aliphatic heterocycles. The molecule has 18 heavy (non-hydrogen) atoms. The lowest BCUT2D eigenvalue weighted by atomic mass is 10.1. The number of aryl methyl sites for hydroxylation is 1. The summed E-state index contributed by atoms with van der Waals surface area (Å²) < 4.78 is 0. The number of benzene rings is 1. The molecule has 1 aromatic carbocycles. The summed E-state index contributed by atoms with van der Waals surface area (Å²) in [6.45, 7) is 2.52. The minimum absolute atomic E-state index is 0.208. The van der Waals surface area contributed by atoms with Gasteiger partial charge in [0, 0.05) is 17.3 Å². The van der Waals surface area contributed by atoms with Crippen LogP contribution in [-0.2, 0) is 6.54 Å². The Kier molecular flexibility index (Phi) is 3.89. The molecule has 5 heteroatoms. The molecule has 3 nitrogen and oxygen atoms in total.